The maximum Gasteiger partial charge on any atom is 0.306 e. The van der Waals surface area contributed by atoms with Gasteiger partial charge >= 0.3 is 5.97 Å². The topological polar surface area (TPSA) is 49.3 Å². The molecule has 1 saturated carbocycles. The highest BCUT2D eigenvalue weighted by atomic mass is 16.4. The number of carboxylic acids is 1. The minimum absolute atomic E-state index is 0.0483. The lowest BCUT2D eigenvalue weighted by molar-refractivity contribution is -0.150. The SMILES string of the molecule is O=C(O)C1CC2NCCCC21. The Morgan fingerprint density at radius 1 is 1.55 bits per heavy atom. The molecule has 1 aliphatic carbocycles. The third-order valence-electron chi connectivity index (χ3n) is 2.98. The second-order valence-corrected chi connectivity index (χ2v) is 3.55. The Morgan fingerprint density at radius 2 is 2.36 bits per heavy atom. The monoisotopic (exact) mass is 155 g/mol. The summed E-state index contributed by atoms with van der Waals surface area (Å²) in [4.78, 5) is 10.6. The molecule has 62 valence electrons. The summed E-state index contributed by atoms with van der Waals surface area (Å²) in [6, 6.07) is 0.518. The molecule has 2 rings (SSSR count). The average Bonchev–Trinajstić information content (AvgIpc) is 1.90. The van der Waals surface area contributed by atoms with Gasteiger partial charge < -0.3 is 10.4 Å². The zero-order chi connectivity index (χ0) is 7.84. The van der Waals surface area contributed by atoms with Crippen LogP contribution >= 0.6 is 0 Å². The third kappa shape index (κ3) is 1.03. The van der Waals surface area contributed by atoms with Crippen LogP contribution in [0, 0.1) is 11.8 Å². The molecule has 3 unspecified atom stereocenters. The van der Waals surface area contributed by atoms with Gasteiger partial charge in [0.1, 0.15) is 0 Å². The zero-order valence-corrected chi connectivity index (χ0v) is 6.42. The number of piperidine rings is 1. The van der Waals surface area contributed by atoms with Crippen LogP contribution in [0.4, 0.5) is 0 Å². The van der Waals surface area contributed by atoms with E-state index in [-0.39, 0.29) is 5.92 Å². The highest BCUT2D eigenvalue weighted by Gasteiger charge is 2.45. The maximum atomic E-state index is 10.6. The molecule has 1 saturated heterocycles. The van der Waals surface area contributed by atoms with Crippen LogP contribution in [0.25, 0.3) is 0 Å². The van der Waals surface area contributed by atoms with Crippen molar-refractivity contribution in [3.63, 3.8) is 0 Å². The predicted octanol–water partition coefficient (Wildman–Crippen LogP) is 0.459. The van der Waals surface area contributed by atoms with Crippen molar-refractivity contribution in [3.8, 4) is 0 Å². The quantitative estimate of drug-likeness (QED) is 0.578. The van der Waals surface area contributed by atoms with Gasteiger partial charge in [0.2, 0.25) is 0 Å². The molecule has 0 aromatic carbocycles. The van der Waals surface area contributed by atoms with Gasteiger partial charge in [-0.3, -0.25) is 4.79 Å². The van der Waals surface area contributed by atoms with Crippen LogP contribution in [0.5, 0.6) is 0 Å². The smallest absolute Gasteiger partial charge is 0.306 e. The molecule has 0 bridgehead atoms. The molecule has 2 fully saturated rings. The maximum absolute atomic E-state index is 10.6. The Hall–Kier alpha value is -0.570. The van der Waals surface area contributed by atoms with Crippen LogP contribution in [0.2, 0.25) is 0 Å². The zero-order valence-electron chi connectivity index (χ0n) is 6.42. The van der Waals surface area contributed by atoms with E-state index in [1.165, 1.54) is 0 Å². The Kier molecular flexibility index (Phi) is 1.60. The van der Waals surface area contributed by atoms with Crippen LogP contribution in [0.1, 0.15) is 19.3 Å². The van der Waals surface area contributed by atoms with Gasteiger partial charge in [0.05, 0.1) is 5.92 Å². The standard InChI is InChI=1S/C8H13NO2/c10-8(11)6-4-7-5(6)2-1-3-9-7/h5-7,9H,1-4H2,(H,10,11). The first kappa shape index (κ1) is 7.10. The summed E-state index contributed by atoms with van der Waals surface area (Å²) in [6.45, 7) is 1.08. The van der Waals surface area contributed by atoms with Gasteiger partial charge in [0.15, 0.2) is 0 Å². The van der Waals surface area contributed by atoms with E-state index >= 15 is 0 Å². The first-order valence-corrected chi connectivity index (χ1v) is 4.25. The van der Waals surface area contributed by atoms with Crippen LogP contribution in [0.15, 0.2) is 0 Å². The summed E-state index contributed by atoms with van der Waals surface area (Å²) < 4.78 is 0. The second kappa shape index (κ2) is 2.48. The number of fused-ring (bicyclic) bond motifs is 1. The van der Waals surface area contributed by atoms with Crippen molar-refractivity contribution in [2.45, 2.75) is 25.3 Å². The minimum atomic E-state index is -0.602. The molecular weight excluding hydrogens is 142 g/mol. The number of hydrogen-bond acceptors (Lipinski definition) is 2. The van der Waals surface area contributed by atoms with E-state index in [9.17, 15) is 4.79 Å². The minimum Gasteiger partial charge on any atom is -0.481 e. The lowest BCUT2D eigenvalue weighted by Crippen LogP contribution is -2.56. The first-order valence-electron chi connectivity index (χ1n) is 4.25. The van der Waals surface area contributed by atoms with Crippen LogP contribution in [-0.2, 0) is 4.79 Å². The highest BCUT2D eigenvalue weighted by Crippen LogP contribution is 2.39. The number of rotatable bonds is 1. The van der Waals surface area contributed by atoms with E-state index in [1.807, 2.05) is 0 Å². The van der Waals surface area contributed by atoms with Gasteiger partial charge in [0, 0.05) is 6.04 Å². The fourth-order valence-corrected chi connectivity index (χ4v) is 2.25. The van der Waals surface area contributed by atoms with Crippen molar-refractivity contribution >= 4 is 5.97 Å². The van der Waals surface area contributed by atoms with E-state index in [0.717, 1.165) is 25.8 Å². The number of nitrogens with one attached hydrogen (secondary N) is 1. The highest BCUT2D eigenvalue weighted by molar-refractivity contribution is 5.72. The lowest BCUT2D eigenvalue weighted by Gasteiger charge is -2.46. The molecule has 0 amide bonds. The van der Waals surface area contributed by atoms with E-state index < -0.39 is 5.97 Å². The van der Waals surface area contributed by atoms with Crippen molar-refractivity contribution in [2.75, 3.05) is 6.54 Å². The molecule has 0 spiro atoms. The molecule has 0 aromatic heterocycles. The van der Waals surface area contributed by atoms with Gasteiger partial charge in [-0.1, -0.05) is 0 Å². The molecule has 2 N–H and O–H groups in total. The van der Waals surface area contributed by atoms with Crippen molar-refractivity contribution < 1.29 is 9.90 Å². The number of carbonyl (C=O) groups is 1. The molecule has 1 heterocycles. The lowest BCUT2D eigenvalue weighted by atomic mass is 9.65. The van der Waals surface area contributed by atoms with Gasteiger partial charge in [-0.25, -0.2) is 0 Å². The third-order valence-corrected chi connectivity index (χ3v) is 2.98. The van der Waals surface area contributed by atoms with Crippen molar-refractivity contribution in [1.29, 1.82) is 0 Å². The summed E-state index contributed by atoms with van der Waals surface area (Å²) >= 11 is 0. The van der Waals surface area contributed by atoms with Crippen molar-refractivity contribution in [2.24, 2.45) is 11.8 Å². The summed E-state index contributed by atoms with van der Waals surface area (Å²) in [5.74, 6) is -0.219. The molecule has 2 aliphatic rings. The molecule has 11 heavy (non-hydrogen) atoms. The summed E-state index contributed by atoms with van der Waals surface area (Å²) in [7, 11) is 0. The Labute approximate surface area is 65.8 Å². The van der Waals surface area contributed by atoms with E-state index in [2.05, 4.69) is 5.32 Å². The Bertz CT molecular complexity index is 181. The van der Waals surface area contributed by atoms with E-state index in [0.29, 0.717) is 12.0 Å². The summed E-state index contributed by atoms with van der Waals surface area (Å²) in [6.07, 6.45) is 3.10. The van der Waals surface area contributed by atoms with E-state index in [4.69, 9.17) is 5.11 Å². The molecule has 3 atom stereocenters. The average molecular weight is 155 g/mol. The summed E-state index contributed by atoms with van der Waals surface area (Å²) in [5, 5.41) is 12.1. The van der Waals surface area contributed by atoms with Crippen LogP contribution in [0.3, 0.4) is 0 Å². The van der Waals surface area contributed by atoms with Crippen LogP contribution < -0.4 is 5.32 Å². The molecule has 3 heteroatoms. The molecule has 0 radical (unpaired) electrons. The number of aliphatic carboxylic acids is 1. The fraction of sp³-hybridized carbons (Fsp3) is 0.875. The molecule has 3 nitrogen and oxygen atoms in total. The van der Waals surface area contributed by atoms with Gasteiger partial charge in [-0.15, -0.1) is 0 Å². The number of carboxylic acid groups (broad SMARTS) is 1. The molecule has 1 aliphatic heterocycles. The van der Waals surface area contributed by atoms with Gasteiger partial charge in [-0.2, -0.15) is 0 Å². The van der Waals surface area contributed by atoms with E-state index in [1.54, 1.807) is 0 Å². The first-order chi connectivity index (χ1) is 5.29. The molecular formula is C8H13NO2. The summed E-state index contributed by atoms with van der Waals surface area (Å²) in [5.41, 5.74) is 0. The van der Waals surface area contributed by atoms with Gasteiger partial charge in [0.25, 0.3) is 0 Å². The Morgan fingerprint density at radius 3 is 3.00 bits per heavy atom. The number of hydrogen-bond donors (Lipinski definition) is 2. The van der Waals surface area contributed by atoms with Crippen molar-refractivity contribution in [3.05, 3.63) is 0 Å². The Balaban J connectivity index is 1.96. The largest absolute Gasteiger partial charge is 0.481 e. The van der Waals surface area contributed by atoms with Crippen LogP contribution in [-0.4, -0.2) is 23.7 Å². The van der Waals surface area contributed by atoms with Crippen molar-refractivity contribution in [1.82, 2.24) is 5.32 Å². The predicted molar refractivity (Wildman–Crippen MR) is 40.3 cm³/mol. The second-order valence-electron chi connectivity index (χ2n) is 3.55. The normalized spacial score (nSPS) is 42.4. The van der Waals surface area contributed by atoms with Gasteiger partial charge in [-0.05, 0) is 31.7 Å². The fourth-order valence-electron chi connectivity index (χ4n) is 2.25. The molecule has 0 aromatic rings.